The SMILES string of the molecule is CCOc1ccccc1C(N)CN1CC(C)CC1=O. The van der Waals surface area contributed by atoms with Crippen LogP contribution in [-0.4, -0.2) is 30.5 Å². The van der Waals surface area contributed by atoms with Crippen molar-refractivity contribution >= 4 is 5.91 Å². The zero-order valence-electron chi connectivity index (χ0n) is 11.6. The van der Waals surface area contributed by atoms with Crippen LogP contribution in [0, 0.1) is 5.92 Å². The third kappa shape index (κ3) is 3.26. The quantitative estimate of drug-likeness (QED) is 0.882. The summed E-state index contributed by atoms with van der Waals surface area (Å²) in [6, 6.07) is 7.58. The van der Waals surface area contributed by atoms with Crippen molar-refractivity contribution < 1.29 is 9.53 Å². The van der Waals surface area contributed by atoms with Gasteiger partial charge in [0.1, 0.15) is 5.75 Å². The second-order valence-corrected chi connectivity index (χ2v) is 5.19. The number of amides is 1. The summed E-state index contributed by atoms with van der Waals surface area (Å²) in [5.74, 6) is 1.45. The minimum Gasteiger partial charge on any atom is -0.494 e. The Bertz CT molecular complexity index is 448. The van der Waals surface area contributed by atoms with Crippen LogP contribution >= 0.6 is 0 Å². The molecule has 1 aromatic rings. The van der Waals surface area contributed by atoms with Crippen LogP contribution in [0.4, 0.5) is 0 Å². The van der Waals surface area contributed by atoms with E-state index in [0.29, 0.717) is 25.5 Å². The Balaban J connectivity index is 2.07. The molecule has 1 aliphatic heterocycles. The Kier molecular flexibility index (Phi) is 4.43. The predicted molar refractivity (Wildman–Crippen MR) is 74.9 cm³/mol. The Hall–Kier alpha value is -1.55. The average Bonchev–Trinajstić information content (AvgIpc) is 2.69. The number of carbonyl (C=O) groups excluding carboxylic acids is 1. The molecule has 0 aliphatic carbocycles. The molecule has 0 aromatic heterocycles. The van der Waals surface area contributed by atoms with Gasteiger partial charge in [0.05, 0.1) is 12.6 Å². The largest absolute Gasteiger partial charge is 0.494 e. The summed E-state index contributed by atoms with van der Waals surface area (Å²) >= 11 is 0. The third-order valence-corrected chi connectivity index (χ3v) is 3.44. The average molecular weight is 262 g/mol. The number of hydrogen-bond acceptors (Lipinski definition) is 3. The maximum absolute atomic E-state index is 11.8. The number of hydrogen-bond donors (Lipinski definition) is 1. The predicted octanol–water partition coefficient (Wildman–Crippen LogP) is 1.95. The molecule has 104 valence electrons. The Morgan fingerprint density at radius 2 is 2.21 bits per heavy atom. The standard InChI is InChI=1S/C15H22N2O2/c1-3-19-14-7-5-4-6-12(14)13(16)10-17-9-11(2)8-15(17)18/h4-7,11,13H,3,8-10,16H2,1-2H3. The number of rotatable bonds is 5. The summed E-state index contributed by atoms with van der Waals surface area (Å²) in [4.78, 5) is 13.7. The van der Waals surface area contributed by atoms with Gasteiger partial charge in [0.25, 0.3) is 0 Å². The molecule has 2 unspecified atom stereocenters. The smallest absolute Gasteiger partial charge is 0.222 e. The van der Waals surface area contributed by atoms with E-state index in [2.05, 4.69) is 6.92 Å². The van der Waals surface area contributed by atoms with Gasteiger partial charge in [-0.3, -0.25) is 4.79 Å². The molecule has 2 atom stereocenters. The molecule has 1 aliphatic rings. The van der Waals surface area contributed by atoms with E-state index in [9.17, 15) is 4.79 Å². The van der Waals surface area contributed by atoms with Gasteiger partial charge in [-0.2, -0.15) is 0 Å². The highest BCUT2D eigenvalue weighted by Gasteiger charge is 2.28. The van der Waals surface area contributed by atoms with E-state index >= 15 is 0 Å². The van der Waals surface area contributed by atoms with E-state index in [1.165, 1.54) is 0 Å². The monoisotopic (exact) mass is 262 g/mol. The lowest BCUT2D eigenvalue weighted by Crippen LogP contribution is -2.33. The van der Waals surface area contributed by atoms with Gasteiger partial charge in [0.15, 0.2) is 0 Å². The highest BCUT2D eigenvalue weighted by Crippen LogP contribution is 2.26. The number of carbonyl (C=O) groups is 1. The van der Waals surface area contributed by atoms with Gasteiger partial charge in [-0.05, 0) is 18.9 Å². The maximum atomic E-state index is 11.8. The van der Waals surface area contributed by atoms with Crippen LogP contribution in [0.5, 0.6) is 5.75 Å². The molecule has 19 heavy (non-hydrogen) atoms. The van der Waals surface area contributed by atoms with Crippen molar-refractivity contribution in [3.05, 3.63) is 29.8 Å². The van der Waals surface area contributed by atoms with Gasteiger partial charge < -0.3 is 15.4 Å². The van der Waals surface area contributed by atoms with Crippen molar-refractivity contribution in [1.29, 1.82) is 0 Å². The number of nitrogens with two attached hydrogens (primary N) is 1. The molecule has 1 saturated heterocycles. The van der Waals surface area contributed by atoms with Gasteiger partial charge in [-0.1, -0.05) is 25.1 Å². The van der Waals surface area contributed by atoms with Gasteiger partial charge in [-0.15, -0.1) is 0 Å². The number of para-hydroxylation sites is 1. The van der Waals surface area contributed by atoms with E-state index in [4.69, 9.17) is 10.5 Å². The van der Waals surface area contributed by atoms with Crippen LogP contribution in [-0.2, 0) is 4.79 Å². The molecule has 1 aromatic carbocycles. The summed E-state index contributed by atoms with van der Waals surface area (Å²) < 4.78 is 5.59. The number of ether oxygens (including phenoxy) is 1. The normalized spacial score (nSPS) is 20.7. The molecular weight excluding hydrogens is 240 g/mol. The lowest BCUT2D eigenvalue weighted by Gasteiger charge is -2.23. The highest BCUT2D eigenvalue weighted by molar-refractivity contribution is 5.78. The molecule has 0 bridgehead atoms. The lowest BCUT2D eigenvalue weighted by atomic mass is 10.1. The Labute approximate surface area is 114 Å². The van der Waals surface area contributed by atoms with Crippen molar-refractivity contribution in [2.75, 3.05) is 19.7 Å². The molecule has 0 spiro atoms. The summed E-state index contributed by atoms with van der Waals surface area (Å²) in [7, 11) is 0. The molecular formula is C15H22N2O2. The summed E-state index contributed by atoms with van der Waals surface area (Å²) in [5, 5.41) is 0. The van der Waals surface area contributed by atoms with Crippen LogP contribution in [0.2, 0.25) is 0 Å². The van der Waals surface area contributed by atoms with Crippen molar-refractivity contribution in [2.24, 2.45) is 11.7 Å². The number of benzene rings is 1. The van der Waals surface area contributed by atoms with E-state index < -0.39 is 0 Å². The van der Waals surface area contributed by atoms with Crippen LogP contribution in [0.3, 0.4) is 0 Å². The van der Waals surface area contributed by atoms with E-state index in [1.54, 1.807) is 0 Å². The fraction of sp³-hybridized carbons (Fsp3) is 0.533. The first-order valence-corrected chi connectivity index (χ1v) is 6.87. The lowest BCUT2D eigenvalue weighted by molar-refractivity contribution is -0.127. The van der Waals surface area contributed by atoms with Crippen molar-refractivity contribution in [2.45, 2.75) is 26.3 Å². The third-order valence-electron chi connectivity index (χ3n) is 3.44. The van der Waals surface area contributed by atoms with Crippen molar-refractivity contribution in [3.63, 3.8) is 0 Å². The van der Waals surface area contributed by atoms with Gasteiger partial charge in [-0.25, -0.2) is 0 Å². The van der Waals surface area contributed by atoms with Gasteiger partial charge >= 0.3 is 0 Å². The zero-order chi connectivity index (χ0) is 13.8. The van der Waals surface area contributed by atoms with Gasteiger partial charge in [0, 0.05) is 25.1 Å². The summed E-state index contributed by atoms with van der Waals surface area (Å²) in [6.45, 7) is 6.03. The number of nitrogens with zero attached hydrogens (tertiary/aromatic N) is 1. The Morgan fingerprint density at radius 1 is 1.47 bits per heavy atom. The van der Waals surface area contributed by atoms with E-state index in [0.717, 1.165) is 17.9 Å². The van der Waals surface area contributed by atoms with E-state index in [1.807, 2.05) is 36.1 Å². The fourth-order valence-electron chi connectivity index (χ4n) is 2.56. The fourth-order valence-corrected chi connectivity index (χ4v) is 2.56. The summed E-state index contributed by atoms with van der Waals surface area (Å²) in [5.41, 5.74) is 7.21. The second kappa shape index (κ2) is 6.06. The first kappa shape index (κ1) is 13.9. The first-order valence-electron chi connectivity index (χ1n) is 6.87. The molecule has 0 saturated carbocycles. The highest BCUT2D eigenvalue weighted by atomic mass is 16.5. The van der Waals surface area contributed by atoms with E-state index in [-0.39, 0.29) is 11.9 Å². The maximum Gasteiger partial charge on any atom is 0.222 e. The van der Waals surface area contributed by atoms with Crippen LogP contribution in [0.15, 0.2) is 24.3 Å². The molecule has 2 rings (SSSR count). The molecule has 2 N–H and O–H groups in total. The van der Waals surface area contributed by atoms with Crippen molar-refractivity contribution in [3.8, 4) is 5.75 Å². The molecule has 0 radical (unpaired) electrons. The first-order chi connectivity index (χ1) is 9.11. The van der Waals surface area contributed by atoms with Crippen LogP contribution < -0.4 is 10.5 Å². The second-order valence-electron chi connectivity index (χ2n) is 5.19. The molecule has 4 nitrogen and oxygen atoms in total. The Morgan fingerprint density at radius 3 is 2.84 bits per heavy atom. The molecule has 1 amide bonds. The minimum absolute atomic E-state index is 0.197. The van der Waals surface area contributed by atoms with Gasteiger partial charge in [0.2, 0.25) is 5.91 Å². The number of likely N-dealkylation sites (tertiary alicyclic amines) is 1. The molecule has 1 fully saturated rings. The van der Waals surface area contributed by atoms with Crippen LogP contribution in [0.1, 0.15) is 31.9 Å². The van der Waals surface area contributed by atoms with Crippen molar-refractivity contribution in [1.82, 2.24) is 4.90 Å². The van der Waals surface area contributed by atoms with Crippen LogP contribution in [0.25, 0.3) is 0 Å². The molecule has 4 heteroatoms. The molecule has 1 heterocycles. The summed E-state index contributed by atoms with van der Waals surface area (Å²) in [6.07, 6.45) is 0.639. The topological polar surface area (TPSA) is 55.6 Å². The zero-order valence-corrected chi connectivity index (χ0v) is 11.6. The minimum atomic E-state index is -0.197.